The number of carbonyl (C=O) groups excluding carboxylic acids is 1. The molecule has 0 N–H and O–H groups in total. The van der Waals surface area contributed by atoms with Crippen LogP contribution in [0.5, 0.6) is 5.75 Å². The molecule has 1 amide bonds. The number of aryl methyl sites for hydroxylation is 1. The first kappa shape index (κ1) is 21.4. The minimum absolute atomic E-state index is 0.0752. The molecule has 1 fully saturated rings. The number of amides is 1. The van der Waals surface area contributed by atoms with Gasteiger partial charge in [0.15, 0.2) is 0 Å². The molecule has 0 unspecified atom stereocenters. The summed E-state index contributed by atoms with van der Waals surface area (Å²) in [5.41, 5.74) is 3.43. The topological polar surface area (TPSA) is 42.7 Å². The smallest absolute Gasteiger partial charge is 0.266 e. The van der Waals surface area contributed by atoms with Crippen LogP contribution in [0.1, 0.15) is 23.8 Å². The third-order valence-corrected chi connectivity index (χ3v) is 6.58. The van der Waals surface area contributed by atoms with Crippen molar-refractivity contribution >= 4 is 40.3 Å². The zero-order valence-corrected chi connectivity index (χ0v) is 19.1. The zero-order chi connectivity index (χ0) is 21.8. The Morgan fingerprint density at radius 2 is 1.74 bits per heavy atom. The van der Waals surface area contributed by atoms with E-state index in [1.54, 1.807) is 18.1 Å². The van der Waals surface area contributed by atoms with E-state index >= 15 is 0 Å². The molecule has 0 aliphatic carbocycles. The normalized spacial score (nSPS) is 15.2. The first-order valence-corrected chi connectivity index (χ1v) is 11.4. The molecule has 1 aliphatic heterocycles. The SMILES string of the molecule is CCc1ccc(-c2ccc(/C=C3\SC(=S)N(CCc4ccc(OC)cc4)C3=O)o2)cc1. The molecular formula is C25H23NO3S2. The van der Waals surface area contributed by atoms with Gasteiger partial charge in [-0.2, -0.15) is 0 Å². The molecule has 0 saturated carbocycles. The van der Waals surface area contributed by atoms with Crippen LogP contribution in [-0.2, 0) is 17.6 Å². The molecule has 4 rings (SSSR count). The molecule has 0 spiro atoms. The largest absolute Gasteiger partial charge is 0.497 e. The molecule has 2 heterocycles. The second kappa shape index (κ2) is 9.54. The van der Waals surface area contributed by atoms with E-state index in [4.69, 9.17) is 21.4 Å². The molecule has 6 heteroatoms. The summed E-state index contributed by atoms with van der Waals surface area (Å²) in [6.07, 6.45) is 3.50. The van der Waals surface area contributed by atoms with Crippen molar-refractivity contribution < 1.29 is 13.9 Å². The van der Waals surface area contributed by atoms with Gasteiger partial charge >= 0.3 is 0 Å². The highest BCUT2D eigenvalue weighted by Crippen LogP contribution is 2.34. The van der Waals surface area contributed by atoms with Crippen molar-refractivity contribution in [3.63, 3.8) is 0 Å². The molecule has 4 nitrogen and oxygen atoms in total. The Labute approximate surface area is 191 Å². The van der Waals surface area contributed by atoms with Gasteiger partial charge < -0.3 is 9.15 Å². The van der Waals surface area contributed by atoms with Gasteiger partial charge in [-0.3, -0.25) is 9.69 Å². The van der Waals surface area contributed by atoms with Crippen LogP contribution >= 0.6 is 24.0 Å². The summed E-state index contributed by atoms with van der Waals surface area (Å²) in [6.45, 7) is 2.68. The average Bonchev–Trinajstić information content (AvgIpc) is 3.37. The van der Waals surface area contributed by atoms with Crippen molar-refractivity contribution in [1.82, 2.24) is 4.90 Å². The second-order valence-electron chi connectivity index (χ2n) is 7.18. The van der Waals surface area contributed by atoms with Crippen molar-refractivity contribution in [2.45, 2.75) is 19.8 Å². The number of carbonyl (C=O) groups is 1. The van der Waals surface area contributed by atoms with Crippen molar-refractivity contribution in [2.24, 2.45) is 0 Å². The molecule has 2 aromatic carbocycles. The number of nitrogens with zero attached hydrogens (tertiary/aromatic N) is 1. The lowest BCUT2D eigenvalue weighted by Gasteiger charge is -2.14. The Kier molecular flexibility index (Phi) is 6.59. The number of benzene rings is 2. The number of thioether (sulfide) groups is 1. The van der Waals surface area contributed by atoms with Gasteiger partial charge in [-0.25, -0.2) is 0 Å². The van der Waals surface area contributed by atoms with Gasteiger partial charge in [0.25, 0.3) is 5.91 Å². The first-order chi connectivity index (χ1) is 15.1. The summed E-state index contributed by atoms with van der Waals surface area (Å²) in [7, 11) is 1.64. The zero-order valence-electron chi connectivity index (χ0n) is 17.5. The number of methoxy groups -OCH3 is 1. The van der Waals surface area contributed by atoms with Gasteiger partial charge in [-0.15, -0.1) is 0 Å². The van der Waals surface area contributed by atoms with Crippen LogP contribution in [0.25, 0.3) is 17.4 Å². The third kappa shape index (κ3) is 4.92. The number of hydrogen-bond acceptors (Lipinski definition) is 5. The van der Waals surface area contributed by atoms with Crippen molar-refractivity contribution in [3.05, 3.63) is 82.5 Å². The predicted molar refractivity (Wildman–Crippen MR) is 130 cm³/mol. The van der Waals surface area contributed by atoms with Crippen LogP contribution in [0.4, 0.5) is 0 Å². The van der Waals surface area contributed by atoms with Gasteiger partial charge in [0.1, 0.15) is 21.6 Å². The summed E-state index contributed by atoms with van der Waals surface area (Å²) in [5.74, 6) is 2.17. The summed E-state index contributed by atoms with van der Waals surface area (Å²) < 4.78 is 11.7. The van der Waals surface area contributed by atoms with Gasteiger partial charge in [0.05, 0.1) is 12.0 Å². The maximum atomic E-state index is 12.9. The minimum atomic E-state index is -0.0752. The summed E-state index contributed by atoms with van der Waals surface area (Å²) in [4.78, 5) is 15.1. The van der Waals surface area contributed by atoms with E-state index in [1.165, 1.54) is 17.3 Å². The van der Waals surface area contributed by atoms with Crippen LogP contribution in [0.15, 0.2) is 70.0 Å². The summed E-state index contributed by atoms with van der Waals surface area (Å²) in [5, 5.41) is 0. The fourth-order valence-electron chi connectivity index (χ4n) is 3.35. The van der Waals surface area contributed by atoms with Crippen LogP contribution in [0.2, 0.25) is 0 Å². The van der Waals surface area contributed by atoms with Crippen LogP contribution in [0.3, 0.4) is 0 Å². The van der Waals surface area contributed by atoms with E-state index in [2.05, 4.69) is 31.2 Å². The molecule has 0 atom stereocenters. The fraction of sp³-hybridized carbons (Fsp3) is 0.200. The van der Waals surface area contributed by atoms with E-state index in [1.807, 2.05) is 36.4 Å². The van der Waals surface area contributed by atoms with Gasteiger partial charge in [-0.05, 0) is 48.2 Å². The molecule has 1 aromatic heterocycles. The third-order valence-electron chi connectivity index (χ3n) is 5.20. The van der Waals surface area contributed by atoms with Crippen molar-refractivity contribution in [3.8, 4) is 17.1 Å². The highest BCUT2D eigenvalue weighted by Gasteiger charge is 2.31. The lowest BCUT2D eigenvalue weighted by atomic mass is 10.1. The van der Waals surface area contributed by atoms with Crippen LogP contribution in [0, 0.1) is 0 Å². The Balaban J connectivity index is 1.43. The maximum absolute atomic E-state index is 12.9. The van der Waals surface area contributed by atoms with E-state index in [-0.39, 0.29) is 5.91 Å². The van der Waals surface area contributed by atoms with Gasteiger partial charge in [0, 0.05) is 18.2 Å². The second-order valence-corrected chi connectivity index (χ2v) is 8.86. The highest BCUT2D eigenvalue weighted by atomic mass is 32.2. The number of thiocarbonyl (C=S) groups is 1. The Bertz CT molecular complexity index is 1110. The van der Waals surface area contributed by atoms with Crippen molar-refractivity contribution in [1.29, 1.82) is 0 Å². The molecule has 0 radical (unpaired) electrons. The molecule has 0 bridgehead atoms. The molecule has 1 aliphatic rings. The molecule has 3 aromatic rings. The van der Waals surface area contributed by atoms with Gasteiger partial charge in [0.2, 0.25) is 0 Å². The molecule has 1 saturated heterocycles. The Morgan fingerprint density at radius 1 is 1.03 bits per heavy atom. The summed E-state index contributed by atoms with van der Waals surface area (Å²) >= 11 is 6.76. The first-order valence-electron chi connectivity index (χ1n) is 10.1. The number of hydrogen-bond donors (Lipinski definition) is 0. The lowest BCUT2D eigenvalue weighted by molar-refractivity contribution is -0.122. The summed E-state index contributed by atoms with van der Waals surface area (Å²) in [6, 6.07) is 20.0. The van der Waals surface area contributed by atoms with E-state index in [9.17, 15) is 4.79 Å². The average molecular weight is 450 g/mol. The highest BCUT2D eigenvalue weighted by molar-refractivity contribution is 8.26. The number of furan rings is 1. The van der Waals surface area contributed by atoms with E-state index in [0.29, 0.717) is 21.5 Å². The van der Waals surface area contributed by atoms with E-state index < -0.39 is 0 Å². The van der Waals surface area contributed by atoms with Crippen molar-refractivity contribution in [2.75, 3.05) is 13.7 Å². The Morgan fingerprint density at radius 3 is 2.42 bits per heavy atom. The standard InChI is InChI=1S/C25H23NO3S2/c1-3-17-4-8-19(9-5-17)22-13-12-21(29-22)16-23-24(27)26(25(30)31-23)15-14-18-6-10-20(28-2)11-7-18/h4-13,16H,3,14-15H2,1-2H3/b23-16-. The number of ether oxygens (including phenoxy) is 1. The molecular weight excluding hydrogens is 426 g/mol. The molecule has 158 valence electrons. The number of rotatable bonds is 7. The van der Waals surface area contributed by atoms with Crippen LogP contribution < -0.4 is 4.74 Å². The quantitative estimate of drug-likeness (QED) is 0.329. The van der Waals surface area contributed by atoms with Gasteiger partial charge in [-0.1, -0.05) is 67.3 Å². The van der Waals surface area contributed by atoms with E-state index in [0.717, 1.165) is 35.5 Å². The fourth-order valence-corrected chi connectivity index (χ4v) is 4.63. The van der Waals surface area contributed by atoms with Crippen LogP contribution in [-0.4, -0.2) is 28.8 Å². The predicted octanol–water partition coefficient (Wildman–Crippen LogP) is 5.96. The minimum Gasteiger partial charge on any atom is -0.497 e. The Hall–Kier alpha value is -2.83. The maximum Gasteiger partial charge on any atom is 0.266 e. The molecule has 31 heavy (non-hydrogen) atoms. The lowest BCUT2D eigenvalue weighted by Crippen LogP contribution is -2.30. The monoisotopic (exact) mass is 449 g/mol.